The molecular formula is C12H13N2. The first-order chi connectivity index (χ1) is 6.75. The maximum atomic E-state index is 4.39. The van der Waals surface area contributed by atoms with Gasteiger partial charge in [0, 0.05) is 23.8 Å². The molecular weight excluding hydrogens is 172 g/mol. The van der Waals surface area contributed by atoms with Gasteiger partial charge in [-0.2, -0.15) is 0 Å². The summed E-state index contributed by atoms with van der Waals surface area (Å²) in [5, 5.41) is 4.39. The van der Waals surface area contributed by atoms with Crippen molar-refractivity contribution < 1.29 is 0 Å². The van der Waals surface area contributed by atoms with Crippen LogP contribution in [0.25, 0.3) is 0 Å². The molecule has 2 heterocycles. The van der Waals surface area contributed by atoms with Gasteiger partial charge in [-0.1, -0.05) is 0 Å². The summed E-state index contributed by atoms with van der Waals surface area (Å²) >= 11 is 0. The van der Waals surface area contributed by atoms with Crippen molar-refractivity contribution in [3.8, 4) is 0 Å². The van der Waals surface area contributed by atoms with Crippen LogP contribution in [0.4, 0.5) is 0 Å². The predicted octanol–water partition coefficient (Wildman–Crippen LogP) is 2.42. The fourth-order valence-electron chi connectivity index (χ4n) is 1.62. The second kappa shape index (κ2) is 3.66. The summed E-state index contributed by atoms with van der Waals surface area (Å²) < 4.78 is 0. The zero-order chi connectivity index (χ0) is 9.97. The Morgan fingerprint density at radius 2 is 1.86 bits per heavy atom. The molecule has 0 fully saturated rings. The molecule has 0 atom stereocenters. The molecule has 2 nitrogen and oxygen atoms in total. The van der Waals surface area contributed by atoms with E-state index in [0.717, 1.165) is 17.8 Å². The second-order valence-electron chi connectivity index (χ2n) is 3.54. The zero-order valence-corrected chi connectivity index (χ0v) is 8.49. The van der Waals surface area contributed by atoms with Crippen LogP contribution in [0, 0.1) is 0 Å². The van der Waals surface area contributed by atoms with Gasteiger partial charge in [-0.15, -0.1) is 0 Å². The highest BCUT2D eigenvalue weighted by Gasteiger charge is 2.10. The number of allylic oxidation sites excluding steroid dienone is 4. The normalized spacial score (nSPS) is 15.4. The molecule has 1 aromatic rings. The van der Waals surface area contributed by atoms with Crippen LogP contribution in [0.2, 0.25) is 0 Å². The van der Waals surface area contributed by atoms with Gasteiger partial charge in [0.25, 0.3) is 0 Å². The van der Waals surface area contributed by atoms with Crippen molar-refractivity contribution in [2.45, 2.75) is 20.3 Å². The molecule has 0 bridgehead atoms. The van der Waals surface area contributed by atoms with Crippen LogP contribution in [0.1, 0.15) is 19.4 Å². The predicted molar refractivity (Wildman–Crippen MR) is 56.5 cm³/mol. The fraction of sp³-hybridized carbons (Fsp3) is 0.250. The Balaban J connectivity index is 2.16. The van der Waals surface area contributed by atoms with Gasteiger partial charge in [0.2, 0.25) is 0 Å². The van der Waals surface area contributed by atoms with Crippen molar-refractivity contribution in [3.05, 3.63) is 53.1 Å². The summed E-state index contributed by atoms with van der Waals surface area (Å²) in [6, 6.07) is 4.09. The lowest BCUT2D eigenvalue weighted by Gasteiger charge is -2.01. The quantitative estimate of drug-likeness (QED) is 0.695. The van der Waals surface area contributed by atoms with Crippen molar-refractivity contribution in [1.82, 2.24) is 10.3 Å². The minimum absolute atomic E-state index is 0.954. The lowest BCUT2D eigenvalue weighted by atomic mass is 10.1. The van der Waals surface area contributed by atoms with E-state index in [1.165, 1.54) is 11.1 Å². The molecule has 0 amide bonds. The molecule has 0 saturated carbocycles. The van der Waals surface area contributed by atoms with Crippen molar-refractivity contribution in [1.29, 1.82) is 0 Å². The van der Waals surface area contributed by atoms with E-state index < -0.39 is 0 Å². The van der Waals surface area contributed by atoms with E-state index in [4.69, 9.17) is 0 Å². The van der Waals surface area contributed by atoms with Gasteiger partial charge in [0.15, 0.2) is 0 Å². The Labute approximate surface area is 84.4 Å². The molecule has 2 rings (SSSR count). The molecule has 0 unspecified atom stereocenters. The van der Waals surface area contributed by atoms with E-state index >= 15 is 0 Å². The van der Waals surface area contributed by atoms with Crippen LogP contribution < -0.4 is 5.32 Å². The summed E-state index contributed by atoms with van der Waals surface area (Å²) in [7, 11) is 0. The summed E-state index contributed by atoms with van der Waals surface area (Å²) in [5.74, 6) is 0. The number of aromatic nitrogens is 1. The average molecular weight is 185 g/mol. The topological polar surface area (TPSA) is 27.0 Å². The van der Waals surface area contributed by atoms with Crippen LogP contribution in [-0.2, 0) is 6.42 Å². The summed E-state index contributed by atoms with van der Waals surface area (Å²) in [6.45, 7) is 4.09. The minimum Gasteiger partial charge on any atom is -0.265 e. The molecule has 0 saturated heterocycles. The summed E-state index contributed by atoms with van der Waals surface area (Å²) in [4.78, 5) is 4.00. The highest BCUT2D eigenvalue weighted by atomic mass is 14.9. The standard InChI is InChI=1S/C12H13N2/c1-9-7-12(10(2)14-9)8-11-3-5-13-6-4-11/h3-7H,8H2,1-2H3. The highest BCUT2D eigenvalue weighted by molar-refractivity contribution is 5.38. The van der Waals surface area contributed by atoms with Gasteiger partial charge in [-0.05, 0) is 49.6 Å². The van der Waals surface area contributed by atoms with Crippen LogP contribution in [-0.4, -0.2) is 4.98 Å². The number of hydrogen-bond donors (Lipinski definition) is 0. The maximum Gasteiger partial charge on any atom is 0.0411 e. The van der Waals surface area contributed by atoms with Gasteiger partial charge in [0.1, 0.15) is 0 Å². The second-order valence-corrected chi connectivity index (χ2v) is 3.54. The van der Waals surface area contributed by atoms with Crippen LogP contribution in [0.5, 0.6) is 0 Å². The molecule has 0 aliphatic carbocycles. The Hall–Kier alpha value is -1.57. The third kappa shape index (κ3) is 1.84. The third-order valence-electron chi connectivity index (χ3n) is 2.34. The van der Waals surface area contributed by atoms with Gasteiger partial charge in [-0.25, -0.2) is 0 Å². The largest absolute Gasteiger partial charge is 0.265 e. The first-order valence-corrected chi connectivity index (χ1v) is 4.74. The van der Waals surface area contributed by atoms with E-state index in [1.54, 1.807) is 0 Å². The van der Waals surface area contributed by atoms with Gasteiger partial charge < -0.3 is 0 Å². The molecule has 1 aromatic heterocycles. The Morgan fingerprint density at radius 3 is 2.43 bits per heavy atom. The molecule has 14 heavy (non-hydrogen) atoms. The summed E-state index contributed by atoms with van der Waals surface area (Å²) in [6.07, 6.45) is 6.76. The van der Waals surface area contributed by atoms with E-state index in [1.807, 2.05) is 31.5 Å². The lowest BCUT2D eigenvalue weighted by molar-refractivity contribution is 0.967. The van der Waals surface area contributed by atoms with E-state index in [-0.39, 0.29) is 0 Å². The minimum atomic E-state index is 0.954. The first-order valence-electron chi connectivity index (χ1n) is 4.74. The van der Waals surface area contributed by atoms with Gasteiger partial charge in [-0.3, -0.25) is 10.3 Å². The third-order valence-corrected chi connectivity index (χ3v) is 2.34. The van der Waals surface area contributed by atoms with E-state index in [2.05, 4.69) is 23.3 Å². The number of hydrogen-bond acceptors (Lipinski definition) is 1. The lowest BCUT2D eigenvalue weighted by Crippen LogP contribution is -1.94. The molecule has 0 spiro atoms. The Kier molecular flexibility index (Phi) is 2.35. The Bertz CT molecular complexity index is 388. The zero-order valence-electron chi connectivity index (χ0n) is 8.49. The fourth-order valence-corrected chi connectivity index (χ4v) is 1.62. The van der Waals surface area contributed by atoms with Crippen LogP contribution in [0.3, 0.4) is 0 Å². The first kappa shape index (κ1) is 9.00. The molecule has 1 aliphatic heterocycles. The summed E-state index contributed by atoms with van der Waals surface area (Å²) in [5.41, 5.74) is 4.84. The maximum absolute atomic E-state index is 4.39. The van der Waals surface area contributed by atoms with Crippen LogP contribution in [0.15, 0.2) is 47.6 Å². The molecule has 71 valence electrons. The SMILES string of the molecule is CC1=CC(Cc2ccncc2)=C(C)[N]1. The smallest absolute Gasteiger partial charge is 0.0411 e. The van der Waals surface area contributed by atoms with Crippen molar-refractivity contribution in [2.75, 3.05) is 0 Å². The molecule has 2 heteroatoms. The number of rotatable bonds is 2. The number of pyridine rings is 1. The van der Waals surface area contributed by atoms with Gasteiger partial charge in [0.05, 0.1) is 0 Å². The number of nitrogens with zero attached hydrogens (tertiary/aromatic N) is 2. The molecule has 0 aromatic carbocycles. The molecule has 0 N–H and O–H groups in total. The van der Waals surface area contributed by atoms with E-state index in [9.17, 15) is 0 Å². The monoisotopic (exact) mass is 185 g/mol. The van der Waals surface area contributed by atoms with Crippen molar-refractivity contribution >= 4 is 0 Å². The highest BCUT2D eigenvalue weighted by Crippen LogP contribution is 2.20. The van der Waals surface area contributed by atoms with E-state index in [0.29, 0.717) is 0 Å². The van der Waals surface area contributed by atoms with Crippen molar-refractivity contribution in [2.24, 2.45) is 0 Å². The molecule has 1 radical (unpaired) electrons. The average Bonchev–Trinajstić information content (AvgIpc) is 2.47. The van der Waals surface area contributed by atoms with Crippen molar-refractivity contribution in [3.63, 3.8) is 0 Å². The Morgan fingerprint density at radius 1 is 1.14 bits per heavy atom. The van der Waals surface area contributed by atoms with Crippen LogP contribution >= 0.6 is 0 Å². The van der Waals surface area contributed by atoms with Gasteiger partial charge >= 0.3 is 0 Å². The molecule has 1 aliphatic rings.